The Bertz CT molecular complexity index is 527. The lowest BCUT2D eigenvalue weighted by Gasteiger charge is -2.38. The highest BCUT2D eigenvalue weighted by Gasteiger charge is 2.27. The van der Waals surface area contributed by atoms with E-state index in [2.05, 4.69) is 0 Å². The molecule has 0 atom stereocenters. The summed E-state index contributed by atoms with van der Waals surface area (Å²) in [6, 6.07) is 12.8. The Morgan fingerprint density at radius 2 is 1.11 bits per heavy atom. The third kappa shape index (κ3) is 2.75. The summed E-state index contributed by atoms with van der Waals surface area (Å²) in [5.74, 6) is -0.721. The van der Waals surface area contributed by atoms with E-state index < -0.39 is 5.54 Å². The van der Waals surface area contributed by atoms with Gasteiger partial charge in [0.05, 0.1) is 11.4 Å². The van der Waals surface area contributed by atoms with Crippen LogP contribution in [0.25, 0.3) is 0 Å². The van der Waals surface area contributed by atoms with Gasteiger partial charge in [-0.25, -0.2) is 8.78 Å². The fraction of sp³-hybridized carbons (Fsp3) is 0.250. The molecule has 0 aliphatic carbocycles. The van der Waals surface area contributed by atoms with Crippen LogP contribution < -0.4 is 4.90 Å². The summed E-state index contributed by atoms with van der Waals surface area (Å²) in [6.45, 7) is 5.77. The van der Waals surface area contributed by atoms with E-state index in [1.165, 1.54) is 12.1 Å². The Morgan fingerprint density at radius 1 is 0.737 bits per heavy atom. The van der Waals surface area contributed by atoms with Crippen LogP contribution in [0.15, 0.2) is 48.5 Å². The van der Waals surface area contributed by atoms with E-state index in [1.807, 2.05) is 20.8 Å². The van der Waals surface area contributed by atoms with Crippen molar-refractivity contribution >= 4 is 11.4 Å². The van der Waals surface area contributed by atoms with Crippen LogP contribution in [0.2, 0.25) is 0 Å². The minimum Gasteiger partial charge on any atom is -0.331 e. The highest BCUT2D eigenvalue weighted by Crippen LogP contribution is 2.35. The number of halogens is 2. The second-order valence-electron chi connectivity index (χ2n) is 5.41. The second kappa shape index (κ2) is 5.00. The summed E-state index contributed by atoms with van der Waals surface area (Å²) in [4.78, 5) is 1.68. The molecule has 0 unspecified atom stereocenters. The molecule has 0 spiro atoms. The van der Waals surface area contributed by atoms with Gasteiger partial charge in [-0.05, 0) is 45.0 Å². The molecule has 1 nitrogen and oxygen atoms in total. The topological polar surface area (TPSA) is 3.24 Å². The van der Waals surface area contributed by atoms with Crippen LogP contribution in [0.1, 0.15) is 20.8 Å². The van der Waals surface area contributed by atoms with Crippen LogP contribution in [0.3, 0.4) is 0 Å². The molecule has 0 radical (unpaired) electrons. The van der Waals surface area contributed by atoms with E-state index in [9.17, 15) is 8.78 Å². The maximum Gasteiger partial charge on any atom is 0.146 e. The maximum absolute atomic E-state index is 14.0. The average molecular weight is 261 g/mol. The van der Waals surface area contributed by atoms with Crippen LogP contribution in [0, 0.1) is 11.6 Å². The van der Waals surface area contributed by atoms with Crippen molar-refractivity contribution in [2.45, 2.75) is 26.3 Å². The Balaban J connectivity index is 2.62. The van der Waals surface area contributed by atoms with Crippen molar-refractivity contribution in [1.82, 2.24) is 0 Å². The van der Waals surface area contributed by atoms with Crippen LogP contribution in [-0.2, 0) is 0 Å². The zero-order chi connectivity index (χ0) is 14.0. The smallest absolute Gasteiger partial charge is 0.146 e. The SMILES string of the molecule is CC(C)(C)N(c1ccccc1F)c1ccccc1F. The summed E-state index contributed by atoms with van der Waals surface area (Å²) in [5, 5.41) is 0. The quantitative estimate of drug-likeness (QED) is 0.743. The molecule has 3 heteroatoms. The number of hydrogen-bond donors (Lipinski definition) is 0. The lowest BCUT2D eigenvalue weighted by Crippen LogP contribution is -2.38. The van der Waals surface area contributed by atoms with Gasteiger partial charge in [0.1, 0.15) is 11.6 Å². The van der Waals surface area contributed by atoms with Crippen molar-refractivity contribution in [3.8, 4) is 0 Å². The third-order valence-electron chi connectivity index (χ3n) is 2.86. The molecule has 0 aliphatic heterocycles. The Morgan fingerprint density at radius 3 is 1.42 bits per heavy atom. The van der Waals surface area contributed by atoms with Crippen LogP contribution >= 0.6 is 0 Å². The molecule has 100 valence electrons. The molecular formula is C16H17F2N. The number of rotatable bonds is 2. The van der Waals surface area contributed by atoms with E-state index in [4.69, 9.17) is 0 Å². The van der Waals surface area contributed by atoms with E-state index in [-0.39, 0.29) is 11.6 Å². The van der Waals surface area contributed by atoms with Crippen molar-refractivity contribution in [2.75, 3.05) is 4.90 Å². The summed E-state index contributed by atoms with van der Waals surface area (Å²) < 4.78 is 28.0. The highest BCUT2D eigenvalue weighted by atomic mass is 19.1. The number of anilines is 2. The van der Waals surface area contributed by atoms with Crippen LogP contribution in [0.4, 0.5) is 20.2 Å². The Kier molecular flexibility index (Phi) is 3.56. The minimum absolute atomic E-state index is 0.360. The van der Waals surface area contributed by atoms with Crippen molar-refractivity contribution in [3.05, 3.63) is 60.2 Å². The van der Waals surface area contributed by atoms with E-state index in [0.29, 0.717) is 11.4 Å². The molecular weight excluding hydrogens is 244 g/mol. The van der Waals surface area contributed by atoms with Gasteiger partial charge < -0.3 is 4.90 Å². The predicted molar refractivity (Wildman–Crippen MR) is 74.7 cm³/mol. The molecule has 0 N–H and O–H groups in total. The Labute approximate surface area is 112 Å². The zero-order valence-corrected chi connectivity index (χ0v) is 11.3. The standard InChI is InChI=1S/C16H17F2N/c1-16(2,3)19(14-10-6-4-8-12(14)17)15-11-7-5-9-13(15)18/h4-11H,1-3H3. The normalized spacial score (nSPS) is 11.4. The van der Waals surface area contributed by atoms with Gasteiger partial charge in [-0.2, -0.15) is 0 Å². The fourth-order valence-corrected chi connectivity index (χ4v) is 2.12. The fourth-order valence-electron chi connectivity index (χ4n) is 2.12. The minimum atomic E-state index is -0.440. The number of hydrogen-bond acceptors (Lipinski definition) is 1. The van der Waals surface area contributed by atoms with E-state index in [1.54, 1.807) is 41.3 Å². The van der Waals surface area contributed by atoms with Gasteiger partial charge in [-0.1, -0.05) is 24.3 Å². The third-order valence-corrected chi connectivity index (χ3v) is 2.86. The first-order chi connectivity index (χ1) is 8.91. The summed E-state index contributed by atoms with van der Waals surface area (Å²) in [6.07, 6.45) is 0. The first-order valence-corrected chi connectivity index (χ1v) is 6.20. The van der Waals surface area contributed by atoms with Gasteiger partial charge in [-0.3, -0.25) is 0 Å². The lowest BCUT2D eigenvalue weighted by molar-refractivity contribution is 0.527. The Hall–Kier alpha value is -1.90. The molecule has 0 heterocycles. The molecule has 0 aliphatic rings. The molecule has 0 saturated heterocycles. The number of benzene rings is 2. The first kappa shape index (κ1) is 13.5. The average Bonchev–Trinajstić information content (AvgIpc) is 2.33. The molecule has 0 amide bonds. The molecule has 0 bridgehead atoms. The van der Waals surface area contributed by atoms with Gasteiger partial charge in [0.2, 0.25) is 0 Å². The van der Waals surface area contributed by atoms with Gasteiger partial charge in [0, 0.05) is 5.54 Å². The number of para-hydroxylation sites is 2. The molecule has 0 aromatic heterocycles. The first-order valence-electron chi connectivity index (χ1n) is 6.20. The maximum atomic E-state index is 14.0. The monoisotopic (exact) mass is 261 g/mol. The van der Waals surface area contributed by atoms with Gasteiger partial charge in [0.15, 0.2) is 0 Å². The van der Waals surface area contributed by atoms with Crippen molar-refractivity contribution in [1.29, 1.82) is 0 Å². The van der Waals surface area contributed by atoms with Crippen molar-refractivity contribution < 1.29 is 8.78 Å². The highest BCUT2D eigenvalue weighted by molar-refractivity contribution is 5.66. The molecule has 0 saturated carbocycles. The van der Waals surface area contributed by atoms with Crippen LogP contribution in [-0.4, -0.2) is 5.54 Å². The van der Waals surface area contributed by atoms with Crippen molar-refractivity contribution in [3.63, 3.8) is 0 Å². The molecule has 2 aromatic carbocycles. The largest absolute Gasteiger partial charge is 0.331 e. The molecule has 2 rings (SSSR count). The van der Waals surface area contributed by atoms with Crippen LogP contribution in [0.5, 0.6) is 0 Å². The summed E-state index contributed by atoms with van der Waals surface area (Å²) in [7, 11) is 0. The molecule has 0 fully saturated rings. The van der Waals surface area contributed by atoms with E-state index in [0.717, 1.165) is 0 Å². The molecule has 2 aromatic rings. The second-order valence-corrected chi connectivity index (χ2v) is 5.41. The van der Waals surface area contributed by atoms with E-state index >= 15 is 0 Å². The lowest BCUT2D eigenvalue weighted by atomic mass is 10.0. The van der Waals surface area contributed by atoms with Crippen molar-refractivity contribution in [2.24, 2.45) is 0 Å². The predicted octanol–water partition coefficient (Wildman–Crippen LogP) is 4.90. The number of nitrogens with zero attached hydrogens (tertiary/aromatic N) is 1. The van der Waals surface area contributed by atoms with Gasteiger partial charge >= 0.3 is 0 Å². The van der Waals surface area contributed by atoms with Gasteiger partial charge in [0.25, 0.3) is 0 Å². The van der Waals surface area contributed by atoms with Gasteiger partial charge in [-0.15, -0.1) is 0 Å². The summed E-state index contributed by atoms with van der Waals surface area (Å²) in [5.41, 5.74) is 0.310. The molecule has 19 heavy (non-hydrogen) atoms. The zero-order valence-electron chi connectivity index (χ0n) is 11.3. The summed E-state index contributed by atoms with van der Waals surface area (Å²) >= 11 is 0.